The second-order valence-electron chi connectivity index (χ2n) is 5.36. The van der Waals surface area contributed by atoms with E-state index in [0.29, 0.717) is 18.0 Å². The van der Waals surface area contributed by atoms with Gasteiger partial charge in [0.25, 0.3) is 5.56 Å². The number of nitrogens with zero attached hydrogens (tertiary/aromatic N) is 4. The Hall–Kier alpha value is -3.18. The lowest BCUT2D eigenvalue weighted by molar-refractivity contribution is 0.182. The molecule has 0 unspecified atom stereocenters. The Morgan fingerprint density at radius 3 is 2.54 bits per heavy atom. The van der Waals surface area contributed by atoms with Crippen molar-refractivity contribution in [2.24, 2.45) is 10.2 Å². The molecule has 1 aromatic carbocycles. The Labute approximate surface area is 150 Å². The van der Waals surface area contributed by atoms with Crippen molar-refractivity contribution in [3.05, 3.63) is 45.7 Å². The van der Waals surface area contributed by atoms with Crippen molar-refractivity contribution in [3.8, 4) is 17.7 Å². The number of aromatic nitrogens is 1. The predicted molar refractivity (Wildman–Crippen MR) is 95.5 cm³/mol. The van der Waals surface area contributed by atoms with Gasteiger partial charge in [-0.3, -0.25) is 9.36 Å². The van der Waals surface area contributed by atoms with E-state index in [-0.39, 0.29) is 30.0 Å². The van der Waals surface area contributed by atoms with Gasteiger partial charge in [0.05, 0.1) is 25.4 Å². The number of aromatic hydroxyl groups is 1. The van der Waals surface area contributed by atoms with Crippen LogP contribution in [-0.4, -0.2) is 30.0 Å². The van der Waals surface area contributed by atoms with Crippen molar-refractivity contribution in [1.82, 2.24) is 4.57 Å². The van der Waals surface area contributed by atoms with Gasteiger partial charge in [-0.2, -0.15) is 10.4 Å². The number of ether oxygens (including phenoxy) is 2. The molecular weight excluding hydrogens is 336 g/mol. The van der Waals surface area contributed by atoms with E-state index < -0.39 is 11.4 Å². The van der Waals surface area contributed by atoms with Crippen LogP contribution in [0.15, 0.2) is 39.3 Å². The Balaban J connectivity index is 2.44. The van der Waals surface area contributed by atoms with Crippen molar-refractivity contribution >= 4 is 11.4 Å². The minimum Gasteiger partial charge on any atom is -0.494 e. The van der Waals surface area contributed by atoms with E-state index in [2.05, 4.69) is 10.2 Å². The van der Waals surface area contributed by atoms with E-state index in [1.165, 1.54) is 7.11 Å². The first-order valence-electron chi connectivity index (χ1n) is 8.03. The minimum absolute atomic E-state index is 0.00402. The molecular formula is C18H20N4O4. The lowest BCUT2D eigenvalue weighted by Crippen LogP contribution is -2.23. The van der Waals surface area contributed by atoms with Crippen LogP contribution in [0.2, 0.25) is 0 Å². The van der Waals surface area contributed by atoms with E-state index in [0.717, 1.165) is 4.57 Å². The summed E-state index contributed by atoms with van der Waals surface area (Å²) < 4.78 is 11.4. The van der Waals surface area contributed by atoms with E-state index >= 15 is 0 Å². The molecule has 8 nitrogen and oxygen atoms in total. The molecule has 0 bridgehead atoms. The molecule has 0 saturated carbocycles. The van der Waals surface area contributed by atoms with Gasteiger partial charge in [-0.1, -0.05) is 0 Å². The number of azo groups is 1. The molecule has 0 fully saturated rings. The van der Waals surface area contributed by atoms with Gasteiger partial charge in [0, 0.05) is 12.7 Å². The minimum atomic E-state index is -0.536. The van der Waals surface area contributed by atoms with Crippen molar-refractivity contribution in [2.45, 2.75) is 20.4 Å². The van der Waals surface area contributed by atoms with Crippen LogP contribution in [0.4, 0.5) is 11.4 Å². The topological polar surface area (TPSA) is 109 Å². The fourth-order valence-electron chi connectivity index (χ4n) is 2.33. The zero-order chi connectivity index (χ0) is 19.1. The third-order valence-corrected chi connectivity index (χ3v) is 3.70. The highest BCUT2D eigenvalue weighted by atomic mass is 16.5. The molecule has 2 aromatic rings. The average Bonchev–Trinajstić information content (AvgIpc) is 2.63. The van der Waals surface area contributed by atoms with Crippen LogP contribution in [0.1, 0.15) is 18.1 Å². The van der Waals surface area contributed by atoms with Crippen LogP contribution < -0.4 is 10.3 Å². The van der Waals surface area contributed by atoms with E-state index in [4.69, 9.17) is 9.47 Å². The molecule has 1 N–H and O–H groups in total. The summed E-state index contributed by atoms with van der Waals surface area (Å²) in [5.74, 6) is 0.313. The molecule has 0 spiro atoms. The van der Waals surface area contributed by atoms with Crippen molar-refractivity contribution in [3.63, 3.8) is 0 Å². The molecule has 8 heteroatoms. The first-order chi connectivity index (χ1) is 12.5. The van der Waals surface area contributed by atoms with Gasteiger partial charge < -0.3 is 14.6 Å². The fourth-order valence-corrected chi connectivity index (χ4v) is 2.33. The summed E-state index contributed by atoms with van der Waals surface area (Å²) in [4.78, 5) is 12.6. The van der Waals surface area contributed by atoms with Gasteiger partial charge in [-0.15, -0.1) is 5.11 Å². The predicted octanol–water partition coefficient (Wildman–Crippen LogP) is 3.19. The first-order valence-corrected chi connectivity index (χ1v) is 8.03. The highest BCUT2D eigenvalue weighted by molar-refractivity contribution is 5.56. The number of benzene rings is 1. The van der Waals surface area contributed by atoms with Gasteiger partial charge in [0.2, 0.25) is 5.88 Å². The fraction of sp³-hybridized carbons (Fsp3) is 0.333. The molecule has 0 aliphatic rings. The molecule has 0 atom stereocenters. The summed E-state index contributed by atoms with van der Waals surface area (Å²) in [6, 6.07) is 8.81. The number of nitriles is 1. The summed E-state index contributed by atoms with van der Waals surface area (Å²) in [5.41, 5.74) is 0.261. The van der Waals surface area contributed by atoms with Gasteiger partial charge in [0.15, 0.2) is 5.69 Å². The quantitative estimate of drug-likeness (QED) is 0.766. The zero-order valence-electron chi connectivity index (χ0n) is 14.9. The summed E-state index contributed by atoms with van der Waals surface area (Å²) in [6.45, 7) is 4.31. The maximum atomic E-state index is 12.6. The van der Waals surface area contributed by atoms with Crippen LogP contribution in [0.3, 0.4) is 0 Å². The number of methoxy groups -OCH3 is 1. The first kappa shape index (κ1) is 19.1. The standard InChI is InChI=1S/C18H20N4O4/c1-4-26-14-7-5-13(6-8-14)20-21-16-12(2)15(11-19)17(23)22(18(16)24)9-10-25-3/h5-8,23H,4,9-10H2,1-3H3. The SMILES string of the molecule is CCOc1ccc(N=Nc2c(C)c(C#N)c(O)n(CCOC)c2=O)cc1. The molecule has 0 amide bonds. The Kier molecular flexibility index (Phi) is 6.47. The molecule has 0 saturated heterocycles. The smallest absolute Gasteiger partial charge is 0.281 e. The number of pyridine rings is 1. The van der Waals surface area contributed by atoms with Crippen LogP contribution in [0.25, 0.3) is 0 Å². The molecule has 0 aliphatic carbocycles. The normalized spacial score (nSPS) is 10.8. The van der Waals surface area contributed by atoms with Crippen LogP contribution in [-0.2, 0) is 11.3 Å². The molecule has 136 valence electrons. The summed E-state index contributed by atoms with van der Waals surface area (Å²) >= 11 is 0. The van der Waals surface area contributed by atoms with Crippen LogP contribution >= 0.6 is 0 Å². The largest absolute Gasteiger partial charge is 0.494 e. The molecule has 26 heavy (non-hydrogen) atoms. The highest BCUT2D eigenvalue weighted by Gasteiger charge is 2.18. The lowest BCUT2D eigenvalue weighted by atomic mass is 10.1. The van der Waals surface area contributed by atoms with Gasteiger partial charge in [0.1, 0.15) is 17.4 Å². The van der Waals surface area contributed by atoms with E-state index in [1.54, 1.807) is 31.2 Å². The Bertz CT molecular complexity index is 895. The second-order valence-corrected chi connectivity index (χ2v) is 5.36. The van der Waals surface area contributed by atoms with E-state index in [1.807, 2.05) is 13.0 Å². The van der Waals surface area contributed by atoms with E-state index in [9.17, 15) is 15.2 Å². The monoisotopic (exact) mass is 356 g/mol. The van der Waals surface area contributed by atoms with Gasteiger partial charge in [-0.25, -0.2) is 0 Å². The van der Waals surface area contributed by atoms with Crippen molar-refractivity contribution in [1.29, 1.82) is 5.26 Å². The van der Waals surface area contributed by atoms with Crippen LogP contribution in [0.5, 0.6) is 11.6 Å². The number of hydrogen-bond acceptors (Lipinski definition) is 7. The maximum Gasteiger partial charge on any atom is 0.281 e. The summed E-state index contributed by atoms with van der Waals surface area (Å²) in [5, 5.41) is 27.5. The third kappa shape index (κ3) is 4.07. The lowest BCUT2D eigenvalue weighted by Gasteiger charge is -2.12. The van der Waals surface area contributed by atoms with Crippen LogP contribution in [0, 0.1) is 18.3 Å². The molecule has 1 aromatic heterocycles. The zero-order valence-corrected chi connectivity index (χ0v) is 14.9. The molecule has 0 aliphatic heterocycles. The Morgan fingerprint density at radius 1 is 1.27 bits per heavy atom. The number of hydrogen-bond donors (Lipinski definition) is 1. The maximum absolute atomic E-state index is 12.6. The molecule has 0 radical (unpaired) electrons. The van der Waals surface area contributed by atoms with Gasteiger partial charge in [-0.05, 0) is 38.1 Å². The van der Waals surface area contributed by atoms with Crippen molar-refractivity contribution < 1.29 is 14.6 Å². The third-order valence-electron chi connectivity index (χ3n) is 3.70. The average molecular weight is 356 g/mol. The van der Waals surface area contributed by atoms with Crippen molar-refractivity contribution in [2.75, 3.05) is 20.3 Å². The highest BCUT2D eigenvalue weighted by Crippen LogP contribution is 2.27. The molecule has 2 rings (SSSR count). The Morgan fingerprint density at radius 2 is 1.96 bits per heavy atom. The molecule has 1 heterocycles. The summed E-state index contributed by atoms with van der Waals surface area (Å²) in [6.07, 6.45) is 0. The second kappa shape index (κ2) is 8.78. The summed E-state index contributed by atoms with van der Waals surface area (Å²) in [7, 11) is 1.48. The number of rotatable bonds is 7. The van der Waals surface area contributed by atoms with Gasteiger partial charge >= 0.3 is 0 Å².